The molecule has 7 heteroatoms. The maximum absolute atomic E-state index is 11.8. The maximum Gasteiger partial charge on any atom is 0.238 e. The minimum Gasteiger partial charge on any atom is -0.493 e. The van der Waals surface area contributed by atoms with E-state index < -0.39 is 0 Å². The van der Waals surface area contributed by atoms with Crippen LogP contribution in [0.3, 0.4) is 0 Å². The average molecular weight is 298 g/mol. The van der Waals surface area contributed by atoms with Gasteiger partial charge in [0, 0.05) is 31.5 Å². The van der Waals surface area contributed by atoms with Crippen molar-refractivity contribution in [1.29, 1.82) is 0 Å². The molecule has 0 unspecified atom stereocenters. The third-order valence-corrected chi connectivity index (χ3v) is 2.72. The number of anilines is 1. The Morgan fingerprint density at radius 2 is 1.67 bits per heavy atom. The van der Waals surface area contributed by atoms with Crippen molar-refractivity contribution < 1.29 is 23.7 Å². The molecule has 0 heterocycles. The topological polar surface area (TPSA) is 78.1 Å². The number of benzene rings is 1. The van der Waals surface area contributed by atoms with E-state index in [-0.39, 0.29) is 12.5 Å². The first kappa shape index (κ1) is 17.1. The van der Waals surface area contributed by atoms with Crippen LogP contribution in [0.1, 0.15) is 0 Å². The van der Waals surface area contributed by atoms with Crippen molar-refractivity contribution in [2.75, 3.05) is 53.5 Å². The Kier molecular flexibility index (Phi) is 7.34. The van der Waals surface area contributed by atoms with Crippen LogP contribution in [0.2, 0.25) is 0 Å². The molecule has 118 valence electrons. The molecule has 2 N–H and O–H groups in total. The van der Waals surface area contributed by atoms with Crippen molar-refractivity contribution in [2.45, 2.75) is 0 Å². The standard InChI is InChI=1S/C14H22N2O5/c1-18-6-5-15-9-13(17)16-10-7-11(19-2)14(21-4)12(8-10)20-3/h7-8,15H,5-6,9H2,1-4H3,(H,16,17). The van der Waals surface area contributed by atoms with E-state index in [0.29, 0.717) is 36.1 Å². The van der Waals surface area contributed by atoms with Gasteiger partial charge >= 0.3 is 0 Å². The third-order valence-electron chi connectivity index (χ3n) is 2.72. The molecular formula is C14H22N2O5. The predicted octanol–water partition coefficient (Wildman–Crippen LogP) is 0.887. The van der Waals surface area contributed by atoms with Gasteiger partial charge in [-0.05, 0) is 0 Å². The number of carbonyl (C=O) groups excluding carboxylic acids is 1. The smallest absolute Gasteiger partial charge is 0.238 e. The minimum atomic E-state index is -0.166. The van der Waals surface area contributed by atoms with E-state index in [4.69, 9.17) is 18.9 Å². The molecular weight excluding hydrogens is 276 g/mol. The van der Waals surface area contributed by atoms with Crippen LogP contribution in [0.5, 0.6) is 17.2 Å². The van der Waals surface area contributed by atoms with Gasteiger partial charge in [0.1, 0.15) is 0 Å². The number of methoxy groups -OCH3 is 4. The quantitative estimate of drug-likeness (QED) is 0.659. The van der Waals surface area contributed by atoms with Crippen molar-refractivity contribution in [1.82, 2.24) is 5.32 Å². The molecule has 0 saturated heterocycles. The van der Waals surface area contributed by atoms with Crippen LogP contribution >= 0.6 is 0 Å². The fourth-order valence-corrected chi connectivity index (χ4v) is 1.73. The van der Waals surface area contributed by atoms with Crippen molar-refractivity contribution in [3.8, 4) is 17.2 Å². The molecule has 0 fully saturated rings. The monoisotopic (exact) mass is 298 g/mol. The van der Waals surface area contributed by atoms with Gasteiger partial charge < -0.3 is 29.6 Å². The zero-order valence-corrected chi connectivity index (χ0v) is 12.8. The van der Waals surface area contributed by atoms with Crippen LogP contribution in [0.25, 0.3) is 0 Å². The Morgan fingerprint density at radius 1 is 1.05 bits per heavy atom. The summed E-state index contributed by atoms with van der Waals surface area (Å²) >= 11 is 0. The van der Waals surface area contributed by atoms with Gasteiger partial charge in [-0.3, -0.25) is 4.79 Å². The van der Waals surface area contributed by atoms with Crippen LogP contribution in [0, 0.1) is 0 Å². The van der Waals surface area contributed by atoms with Crippen molar-refractivity contribution in [2.24, 2.45) is 0 Å². The Balaban J connectivity index is 2.72. The molecule has 0 aliphatic heterocycles. The number of nitrogens with one attached hydrogen (secondary N) is 2. The summed E-state index contributed by atoms with van der Waals surface area (Å²) < 4.78 is 20.6. The Hall–Kier alpha value is -1.99. The number of hydrogen-bond acceptors (Lipinski definition) is 6. The summed E-state index contributed by atoms with van der Waals surface area (Å²) in [6.07, 6.45) is 0. The van der Waals surface area contributed by atoms with Gasteiger partial charge in [-0.25, -0.2) is 0 Å². The molecule has 21 heavy (non-hydrogen) atoms. The summed E-state index contributed by atoms with van der Waals surface area (Å²) in [5.41, 5.74) is 0.572. The Bertz CT molecular complexity index is 440. The van der Waals surface area contributed by atoms with Crippen LogP contribution in [0.15, 0.2) is 12.1 Å². The van der Waals surface area contributed by atoms with Gasteiger partial charge in [0.15, 0.2) is 11.5 Å². The van der Waals surface area contributed by atoms with E-state index in [1.54, 1.807) is 19.2 Å². The SMILES string of the molecule is COCCNCC(=O)Nc1cc(OC)c(OC)c(OC)c1. The summed E-state index contributed by atoms with van der Waals surface area (Å²) in [5, 5.41) is 5.72. The first-order chi connectivity index (χ1) is 10.2. The van der Waals surface area contributed by atoms with Gasteiger partial charge in [0.05, 0.1) is 34.5 Å². The second-order valence-corrected chi connectivity index (χ2v) is 4.13. The first-order valence-corrected chi connectivity index (χ1v) is 6.45. The number of ether oxygens (including phenoxy) is 4. The highest BCUT2D eigenvalue weighted by molar-refractivity contribution is 5.93. The zero-order valence-electron chi connectivity index (χ0n) is 12.8. The number of carbonyl (C=O) groups is 1. The molecule has 0 aliphatic rings. The van der Waals surface area contributed by atoms with Gasteiger partial charge in [-0.1, -0.05) is 0 Å². The normalized spacial score (nSPS) is 10.1. The highest BCUT2D eigenvalue weighted by Crippen LogP contribution is 2.39. The van der Waals surface area contributed by atoms with Crippen LogP contribution in [-0.2, 0) is 9.53 Å². The van der Waals surface area contributed by atoms with Crippen LogP contribution in [-0.4, -0.2) is 54.0 Å². The summed E-state index contributed by atoms with van der Waals surface area (Å²) in [4.78, 5) is 11.8. The molecule has 0 bridgehead atoms. The largest absolute Gasteiger partial charge is 0.493 e. The van der Waals surface area contributed by atoms with E-state index in [0.717, 1.165) is 0 Å². The Morgan fingerprint density at radius 3 is 2.14 bits per heavy atom. The fraction of sp³-hybridized carbons (Fsp3) is 0.500. The number of rotatable bonds is 9. The molecule has 0 atom stereocenters. The lowest BCUT2D eigenvalue weighted by Gasteiger charge is -2.14. The lowest BCUT2D eigenvalue weighted by molar-refractivity contribution is -0.115. The predicted molar refractivity (Wildman–Crippen MR) is 79.5 cm³/mol. The molecule has 1 rings (SSSR count). The highest BCUT2D eigenvalue weighted by Gasteiger charge is 2.14. The Labute approximate surface area is 124 Å². The van der Waals surface area contributed by atoms with Gasteiger partial charge in [-0.2, -0.15) is 0 Å². The lowest BCUT2D eigenvalue weighted by Crippen LogP contribution is -2.30. The molecule has 0 spiro atoms. The van der Waals surface area contributed by atoms with E-state index >= 15 is 0 Å². The second-order valence-electron chi connectivity index (χ2n) is 4.13. The highest BCUT2D eigenvalue weighted by atomic mass is 16.5. The number of amides is 1. The van der Waals surface area contributed by atoms with Crippen LogP contribution in [0.4, 0.5) is 5.69 Å². The van der Waals surface area contributed by atoms with Crippen molar-refractivity contribution in [3.05, 3.63) is 12.1 Å². The van der Waals surface area contributed by atoms with E-state index in [1.165, 1.54) is 21.3 Å². The van der Waals surface area contributed by atoms with Gasteiger partial charge in [-0.15, -0.1) is 0 Å². The van der Waals surface area contributed by atoms with E-state index in [1.807, 2.05) is 0 Å². The molecule has 0 radical (unpaired) electrons. The van der Waals surface area contributed by atoms with Crippen LogP contribution < -0.4 is 24.8 Å². The number of hydrogen-bond donors (Lipinski definition) is 2. The second kappa shape index (κ2) is 9.04. The maximum atomic E-state index is 11.8. The fourth-order valence-electron chi connectivity index (χ4n) is 1.73. The van der Waals surface area contributed by atoms with Gasteiger partial charge in [0.2, 0.25) is 11.7 Å². The van der Waals surface area contributed by atoms with E-state index in [2.05, 4.69) is 10.6 Å². The lowest BCUT2D eigenvalue weighted by atomic mass is 10.2. The van der Waals surface area contributed by atoms with Crippen molar-refractivity contribution in [3.63, 3.8) is 0 Å². The molecule has 0 aromatic heterocycles. The summed E-state index contributed by atoms with van der Waals surface area (Å²) in [7, 11) is 6.18. The third kappa shape index (κ3) is 5.13. The molecule has 1 aromatic carbocycles. The zero-order chi connectivity index (χ0) is 15.7. The molecule has 1 amide bonds. The molecule has 7 nitrogen and oxygen atoms in total. The summed E-state index contributed by atoms with van der Waals surface area (Å²) in [5.74, 6) is 1.29. The van der Waals surface area contributed by atoms with Crippen molar-refractivity contribution >= 4 is 11.6 Å². The summed E-state index contributed by atoms with van der Waals surface area (Å²) in [6, 6.07) is 3.35. The summed E-state index contributed by atoms with van der Waals surface area (Å²) in [6.45, 7) is 1.36. The average Bonchev–Trinajstić information content (AvgIpc) is 2.50. The minimum absolute atomic E-state index is 0.166. The molecule has 1 aromatic rings. The van der Waals surface area contributed by atoms with E-state index in [9.17, 15) is 4.79 Å². The molecule has 0 aliphatic carbocycles. The van der Waals surface area contributed by atoms with Gasteiger partial charge in [0.25, 0.3) is 0 Å². The first-order valence-electron chi connectivity index (χ1n) is 6.45. The molecule has 0 saturated carbocycles.